The highest BCUT2D eigenvalue weighted by molar-refractivity contribution is 7.89. The molecule has 0 saturated carbocycles. The number of hydrogen-bond acceptors (Lipinski definition) is 6. The molecule has 1 saturated heterocycles. The second-order valence-corrected chi connectivity index (χ2v) is 6.37. The number of aromatic nitrogens is 1. The lowest BCUT2D eigenvalue weighted by molar-refractivity contribution is -0.385. The van der Waals surface area contributed by atoms with Crippen LogP contribution in [-0.2, 0) is 10.0 Å². The zero-order chi connectivity index (χ0) is 14.6. The van der Waals surface area contributed by atoms with Crippen molar-refractivity contribution in [3.8, 4) is 0 Å². The zero-order valence-corrected chi connectivity index (χ0v) is 11.6. The molecule has 0 aliphatic carbocycles. The Kier molecular flexibility index (Phi) is 4.63. The summed E-state index contributed by atoms with van der Waals surface area (Å²) in [6.07, 6.45) is 2.80. The van der Waals surface area contributed by atoms with E-state index < -0.39 is 14.9 Å². The number of rotatable bonds is 5. The van der Waals surface area contributed by atoms with Gasteiger partial charge in [-0.2, -0.15) is 0 Å². The van der Waals surface area contributed by atoms with Gasteiger partial charge in [0.2, 0.25) is 0 Å². The number of piperidine rings is 1. The summed E-state index contributed by atoms with van der Waals surface area (Å²) in [5.74, 6) is 0.309. The van der Waals surface area contributed by atoms with Crippen molar-refractivity contribution in [3.63, 3.8) is 0 Å². The summed E-state index contributed by atoms with van der Waals surface area (Å²) in [4.78, 5) is 13.5. The van der Waals surface area contributed by atoms with Gasteiger partial charge in [-0.25, -0.2) is 18.1 Å². The highest BCUT2D eigenvalue weighted by atomic mass is 32.2. The minimum Gasteiger partial charge on any atom is -0.317 e. The van der Waals surface area contributed by atoms with Crippen LogP contribution in [0.5, 0.6) is 0 Å². The third-order valence-electron chi connectivity index (χ3n) is 3.23. The quantitative estimate of drug-likeness (QED) is 0.596. The molecule has 8 nitrogen and oxygen atoms in total. The first-order valence-electron chi connectivity index (χ1n) is 6.30. The Labute approximate surface area is 116 Å². The molecule has 2 heterocycles. The number of pyridine rings is 1. The molecule has 0 bridgehead atoms. The molecule has 1 aliphatic rings. The Bertz CT molecular complexity index is 567. The van der Waals surface area contributed by atoms with E-state index in [2.05, 4.69) is 15.0 Å². The molecule has 1 aromatic heterocycles. The van der Waals surface area contributed by atoms with Crippen molar-refractivity contribution in [1.29, 1.82) is 0 Å². The van der Waals surface area contributed by atoms with Crippen molar-refractivity contribution >= 4 is 15.7 Å². The van der Waals surface area contributed by atoms with Crippen LogP contribution >= 0.6 is 0 Å². The topological polar surface area (TPSA) is 114 Å². The van der Waals surface area contributed by atoms with Crippen molar-refractivity contribution < 1.29 is 13.3 Å². The molecule has 1 fully saturated rings. The molecule has 20 heavy (non-hydrogen) atoms. The van der Waals surface area contributed by atoms with E-state index in [1.165, 1.54) is 0 Å². The van der Waals surface area contributed by atoms with Gasteiger partial charge in [-0.15, -0.1) is 0 Å². The van der Waals surface area contributed by atoms with Gasteiger partial charge in [-0.3, -0.25) is 10.1 Å². The molecule has 1 aliphatic heterocycles. The lowest BCUT2D eigenvalue weighted by Crippen LogP contribution is -2.36. The Morgan fingerprint density at radius 1 is 1.40 bits per heavy atom. The van der Waals surface area contributed by atoms with Gasteiger partial charge < -0.3 is 5.32 Å². The van der Waals surface area contributed by atoms with Crippen molar-refractivity contribution in [2.45, 2.75) is 17.9 Å². The Morgan fingerprint density at radius 2 is 2.10 bits per heavy atom. The van der Waals surface area contributed by atoms with Crippen molar-refractivity contribution in [2.75, 3.05) is 19.6 Å². The second kappa shape index (κ2) is 6.25. The van der Waals surface area contributed by atoms with Gasteiger partial charge in [0, 0.05) is 12.6 Å². The van der Waals surface area contributed by atoms with Gasteiger partial charge >= 0.3 is 0 Å². The number of sulfonamides is 1. The van der Waals surface area contributed by atoms with Gasteiger partial charge in [0.1, 0.15) is 6.20 Å². The van der Waals surface area contributed by atoms with Crippen molar-refractivity contribution in [3.05, 3.63) is 28.4 Å². The van der Waals surface area contributed by atoms with Crippen LogP contribution in [-0.4, -0.2) is 38.0 Å². The van der Waals surface area contributed by atoms with Crippen LogP contribution in [0.15, 0.2) is 23.4 Å². The highest BCUT2D eigenvalue weighted by Gasteiger charge is 2.20. The van der Waals surface area contributed by atoms with E-state index in [0.29, 0.717) is 12.5 Å². The highest BCUT2D eigenvalue weighted by Crippen LogP contribution is 2.14. The number of nitrogens with zero attached hydrogens (tertiary/aromatic N) is 2. The SMILES string of the molecule is O=[N+]([O-])c1ccc(S(=O)(=O)NCC2CCNCC2)nc1. The van der Waals surface area contributed by atoms with Crippen LogP contribution in [0.2, 0.25) is 0 Å². The van der Waals surface area contributed by atoms with E-state index in [4.69, 9.17) is 0 Å². The summed E-state index contributed by atoms with van der Waals surface area (Å²) in [5, 5.41) is 13.5. The lowest BCUT2D eigenvalue weighted by Gasteiger charge is -2.22. The maximum absolute atomic E-state index is 12.0. The molecule has 0 unspecified atom stereocenters. The van der Waals surface area contributed by atoms with Gasteiger partial charge in [0.25, 0.3) is 15.7 Å². The van der Waals surface area contributed by atoms with Crippen LogP contribution in [0.25, 0.3) is 0 Å². The third-order valence-corrected chi connectivity index (χ3v) is 4.57. The molecule has 9 heteroatoms. The maximum atomic E-state index is 12.0. The zero-order valence-electron chi connectivity index (χ0n) is 10.8. The van der Waals surface area contributed by atoms with E-state index in [1.807, 2.05) is 0 Å². The van der Waals surface area contributed by atoms with Crippen molar-refractivity contribution in [1.82, 2.24) is 15.0 Å². The standard InChI is InChI=1S/C11H16N4O4S/c16-15(17)10-1-2-11(13-8-10)20(18,19)14-7-9-3-5-12-6-4-9/h1-2,8-9,12,14H,3-7H2. The molecule has 0 aromatic carbocycles. The maximum Gasteiger partial charge on any atom is 0.287 e. The molecular formula is C11H16N4O4S. The molecule has 0 atom stereocenters. The van der Waals surface area contributed by atoms with E-state index in [-0.39, 0.29) is 10.7 Å². The first-order valence-corrected chi connectivity index (χ1v) is 7.78. The van der Waals surface area contributed by atoms with Gasteiger partial charge in [0.05, 0.1) is 4.92 Å². The van der Waals surface area contributed by atoms with E-state index >= 15 is 0 Å². The van der Waals surface area contributed by atoms with Gasteiger partial charge in [-0.05, 0) is 37.9 Å². The second-order valence-electron chi connectivity index (χ2n) is 4.66. The predicted molar refractivity (Wildman–Crippen MR) is 71.7 cm³/mol. The van der Waals surface area contributed by atoms with Crippen LogP contribution < -0.4 is 10.0 Å². The fourth-order valence-electron chi connectivity index (χ4n) is 2.03. The molecule has 2 N–H and O–H groups in total. The van der Waals surface area contributed by atoms with Gasteiger partial charge in [-0.1, -0.05) is 0 Å². The Morgan fingerprint density at radius 3 is 2.65 bits per heavy atom. The first kappa shape index (κ1) is 14.8. The molecule has 1 aromatic rings. The van der Waals surface area contributed by atoms with E-state index in [1.54, 1.807) is 0 Å². The minimum absolute atomic E-state index is 0.197. The average Bonchev–Trinajstić information content (AvgIpc) is 2.46. The fraction of sp³-hybridized carbons (Fsp3) is 0.545. The smallest absolute Gasteiger partial charge is 0.287 e. The number of nitro groups is 1. The van der Waals surface area contributed by atoms with Crippen LogP contribution in [0.4, 0.5) is 5.69 Å². The number of nitrogens with one attached hydrogen (secondary N) is 2. The molecular weight excluding hydrogens is 284 g/mol. The third kappa shape index (κ3) is 3.71. The molecule has 0 amide bonds. The summed E-state index contributed by atoms with van der Waals surface area (Å²) in [5.41, 5.74) is -0.234. The Hall–Kier alpha value is -1.58. The van der Waals surface area contributed by atoms with Crippen LogP contribution in [0, 0.1) is 16.0 Å². The summed E-state index contributed by atoms with van der Waals surface area (Å²) in [7, 11) is -3.71. The molecule has 110 valence electrons. The summed E-state index contributed by atoms with van der Waals surface area (Å²) < 4.78 is 26.5. The van der Waals surface area contributed by atoms with Crippen LogP contribution in [0.1, 0.15) is 12.8 Å². The largest absolute Gasteiger partial charge is 0.317 e. The Balaban J connectivity index is 2.00. The first-order chi connectivity index (χ1) is 9.49. The minimum atomic E-state index is -3.71. The molecule has 0 spiro atoms. The van der Waals surface area contributed by atoms with Crippen LogP contribution in [0.3, 0.4) is 0 Å². The summed E-state index contributed by atoms with van der Waals surface area (Å²) in [6, 6.07) is 2.27. The number of hydrogen-bond donors (Lipinski definition) is 2. The molecule has 2 rings (SSSR count). The predicted octanol–water partition coefficient (Wildman–Crippen LogP) is 0.268. The lowest BCUT2D eigenvalue weighted by atomic mass is 9.99. The van der Waals surface area contributed by atoms with Gasteiger partial charge in [0.15, 0.2) is 5.03 Å². The van der Waals surface area contributed by atoms with Crippen molar-refractivity contribution in [2.24, 2.45) is 5.92 Å². The molecule has 0 radical (unpaired) electrons. The average molecular weight is 300 g/mol. The van der Waals surface area contributed by atoms with E-state index in [0.717, 1.165) is 44.3 Å². The summed E-state index contributed by atoms with van der Waals surface area (Å²) >= 11 is 0. The summed E-state index contributed by atoms with van der Waals surface area (Å²) in [6.45, 7) is 2.15. The monoisotopic (exact) mass is 300 g/mol. The normalized spacial score (nSPS) is 17.0. The fourth-order valence-corrected chi connectivity index (χ4v) is 3.07. The van der Waals surface area contributed by atoms with E-state index in [9.17, 15) is 18.5 Å².